The van der Waals surface area contributed by atoms with Crippen LogP contribution in [0, 0.1) is 11.3 Å². The van der Waals surface area contributed by atoms with Crippen molar-refractivity contribution in [3.05, 3.63) is 35.9 Å². The van der Waals surface area contributed by atoms with Crippen molar-refractivity contribution in [2.75, 3.05) is 18.0 Å². The molecule has 0 aromatic heterocycles. The van der Waals surface area contributed by atoms with E-state index in [0.717, 1.165) is 13.1 Å². The van der Waals surface area contributed by atoms with Gasteiger partial charge >= 0.3 is 0 Å². The molecule has 1 aromatic carbocycles. The molecule has 14 heavy (non-hydrogen) atoms. The zero-order valence-electron chi connectivity index (χ0n) is 7.98. The number of hydrogen-bond acceptors (Lipinski definition) is 2. The average molecular weight is 184 g/mol. The first-order valence-electron chi connectivity index (χ1n) is 4.79. The van der Waals surface area contributed by atoms with E-state index >= 15 is 0 Å². The van der Waals surface area contributed by atoms with Crippen molar-refractivity contribution < 1.29 is 0 Å². The van der Waals surface area contributed by atoms with Gasteiger partial charge in [-0.2, -0.15) is 5.26 Å². The Bertz CT molecular complexity index is 388. The quantitative estimate of drug-likeness (QED) is 0.705. The summed E-state index contributed by atoms with van der Waals surface area (Å²) in [5, 5.41) is 8.55. The summed E-state index contributed by atoms with van der Waals surface area (Å²) in [6, 6.07) is 10.5. The Hall–Kier alpha value is -1.75. The van der Waals surface area contributed by atoms with E-state index in [4.69, 9.17) is 5.26 Å². The fourth-order valence-corrected chi connectivity index (χ4v) is 1.72. The van der Waals surface area contributed by atoms with Gasteiger partial charge in [0.2, 0.25) is 0 Å². The van der Waals surface area contributed by atoms with Crippen molar-refractivity contribution in [1.29, 1.82) is 5.26 Å². The summed E-state index contributed by atoms with van der Waals surface area (Å²) in [7, 11) is 0. The van der Waals surface area contributed by atoms with E-state index in [2.05, 4.69) is 35.3 Å². The van der Waals surface area contributed by atoms with Crippen LogP contribution in [0.4, 0.5) is 5.69 Å². The van der Waals surface area contributed by atoms with Crippen LogP contribution in [0.2, 0.25) is 0 Å². The van der Waals surface area contributed by atoms with E-state index in [0.29, 0.717) is 6.42 Å². The van der Waals surface area contributed by atoms with Gasteiger partial charge in [-0.25, -0.2) is 0 Å². The molecule has 0 aliphatic carbocycles. The average Bonchev–Trinajstić information content (AvgIpc) is 2.26. The van der Waals surface area contributed by atoms with Crippen molar-refractivity contribution in [3.63, 3.8) is 0 Å². The van der Waals surface area contributed by atoms with E-state index < -0.39 is 0 Å². The first-order valence-corrected chi connectivity index (χ1v) is 4.79. The van der Waals surface area contributed by atoms with Gasteiger partial charge in [-0.1, -0.05) is 30.4 Å². The van der Waals surface area contributed by atoms with Crippen LogP contribution in [0.15, 0.2) is 30.3 Å². The highest BCUT2D eigenvalue weighted by Gasteiger charge is 2.10. The monoisotopic (exact) mass is 184 g/mol. The second-order valence-electron chi connectivity index (χ2n) is 3.32. The van der Waals surface area contributed by atoms with Gasteiger partial charge in [-0.3, -0.25) is 0 Å². The number of anilines is 1. The number of fused-ring (bicyclic) bond motifs is 1. The molecule has 0 fully saturated rings. The zero-order valence-corrected chi connectivity index (χ0v) is 7.98. The van der Waals surface area contributed by atoms with Crippen molar-refractivity contribution in [1.82, 2.24) is 0 Å². The summed E-state index contributed by atoms with van der Waals surface area (Å²) in [5.41, 5.74) is 2.49. The van der Waals surface area contributed by atoms with Crippen molar-refractivity contribution in [2.24, 2.45) is 0 Å². The Morgan fingerprint density at radius 3 is 3.07 bits per heavy atom. The minimum atomic E-state index is 0.585. The van der Waals surface area contributed by atoms with Crippen LogP contribution in [0.25, 0.3) is 6.08 Å². The molecule has 0 radical (unpaired) electrons. The van der Waals surface area contributed by atoms with Gasteiger partial charge in [0, 0.05) is 18.8 Å². The lowest BCUT2D eigenvalue weighted by molar-refractivity contribution is 0.853. The molecule has 0 N–H and O–H groups in total. The molecule has 1 aliphatic rings. The maximum absolute atomic E-state index is 8.55. The first kappa shape index (κ1) is 8.83. The normalized spacial score (nSPS) is 13.5. The van der Waals surface area contributed by atoms with Gasteiger partial charge < -0.3 is 4.90 Å². The van der Waals surface area contributed by atoms with Gasteiger partial charge in [-0.15, -0.1) is 0 Å². The molecule has 0 unspecified atom stereocenters. The largest absolute Gasteiger partial charge is 0.366 e. The molecular weight excluding hydrogens is 172 g/mol. The second kappa shape index (κ2) is 3.97. The van der Waals surface area contributed by atoms with Crippen LogP contribution >= 0.6 is 0 Å². The Balaban J connectivity index is 2.23. The molecule has 0 spiro atoms. The lowest BCUT2D eigenvalue weighted by atomic mass is 10.1. The predicted molar refractivity (Wildman–Crippen MR) is 57.9 cm³/mol. The lowest BCUT2D eigenvalue weighted by Gasteiger charge is -2.27. The first-order chi connectivity index (χ1) is 6.92. The van der Waals surface area contributed by atoms with Gasteiger partial charge in [0.25, 0.3) is 0 Å². The summed E-state index contributed by atoms with van der Waals surface area (Å²) in [6.45, 7) is 1.73. The molecule has 1 heterocycles. The standard InChI is InChI=1S/C12H12N2/c13-8-4-10-14-9-3-6-11-5-1-2-7-12(11)14/h1-3,5-7H,4,9-10H2. The van der Waals surface area contributed by atoms with E-state index in [-0.39, 0.29) is 0 Å². The molecule has 0 bridgehead atoms. The summed E-state index contributed by atoms with van der Waals surface area (Å²) in [5.74, 6) is 0. The third-order valence-electron chi connectivity index (χ3n) is 2.39. The minimum absolute atomic E-state index is 0.585. The van der Waals surface area contributed by atoms with Crippen LogP contribution in [0.1, 0.15) is 12.0 Å². The smallest absolute Gasteiger partial charge is 0.0640 e. The van der Waals surface area contributed by atoms with Gasteiger partial charge in [0.05, 0.1) is 12.5 Å². The predicted octanol–water partition coefficient (Wildman–Crippen LogP) is 2.43. The van der Waals surface area contributed by atoms with Gasteiger partial charge in [0.1, 0.15) is 0 Å². The molecule has 2 heteroatoms. The Morgan fingerprint density at radius 1 is 1.36 bits per heavy atom. The Labute approximate surface area is 84.1 Å². The number of rotatable bonds is 2. The molecule has 0 saturated heterocycles. The highest BCUT2D eigenvalue weighted by Crippen LogP contribution is 2.25. The molecule has 0 atom stereocenters. The molecule has 0 saturated carbocycles. The van der Waals surface area contributed by atoms with Crippen LogP contribution in [-0.2, 0) is 0 Å². The number of nitriles is 1. The van der Waals surface area contributed by atoms with E-state index in [1.807, 2.05) is 12.1 Å². The number of para-hydroxylation sites is 1. The van der Waals surface area contributed by atoms with E-state index in [1.54, 1.807) is 0 Å². The van der Waals surface area contributed by atoms with Crippen LogP contribution in [0.3, 0.4) is 0 Å². The molecule has 2 nitrogen and oxygen atoms in total. The topological polar surface area (TPSA) is 27.0 Å². The van der Waals surface area contributed by atoms with E-state index in [1.165, 1.54) is 11.3 Å². The third kappa shape index (κ3) is 1.62. The summed E-state index contributed by atoms with van der Waals surface area (Å²) < 4.78 is 0. The Morgan fingerprint density at radius 2 is 2.21 bits per heavy atom. The number of benzene rings is 1. The van der Waals surface area contributed by atoms with E-state index in [9.17, 15) is 0 Å². The molecule has 1 aliphatic heterocycles. The summed E-state index contributed by atoms with van der Waals surface area (Å²) in [4.78, 5) is 2.23. The summed E-state index contributed by atoms with van der Waals surface area (Å²) in [6.07, 6.45) is 4.86. The Kier molecular flexibility index (Phi) is 2.51. The fourth-order valence-electron chi connectivity index (χ4n) is 1.72. The minimum Gasteiger partial charge on any atom is -0.366 e. The molecule has 1 aromatic rings. The molecule has 2 rings (SSSR count). The molecule has 0 amide bonds. The third-order valence-corrected chi connectivity index (χ3v) is 2.39. The lowest BCUT2D eigenvalue weighted by Crippen LogP contribution is -2.26. The summed E-state index contributed by atoms with van der Waals surface area (Å²) >= 11 is 0. The number of hydrogen-bond donors (Lipinski definition) is 0. The maximum Gasteiger partial charge on any atom is 0.0640 e. The van der Waals surface area contributed by atoms with Gasteiger partial charge in [-0.05, 0) is 11.6 Å². The zero-order chi connectivity index (χ0) is 9.80. The fraction of sp³-hybridized carbons (Fsp3) is 0.250. The van der Waals surface area contributed by atoms with Crippen molar-refractivity contribution in [3.8, 4) is 6.07 Å². The van der Waals surface area contributed by atoms with Crippen molar-refractivity contribution >= 4 is 11.8 Å². The van der Waals surface area contributed by atoms with Gasteiger partial charge in [0.15, 0.2) is 0 Å². The number of nitrogens with zero attached hydrogens (tertiary/aromatic N) is 2. The highest BCUT2D eigenvalue weighted by molar-refractivity contribution is 5.71. The van der Waals surface area contributed by atoms with Crippen LogP contribution in [0.5, 0.6) is 0 Å². The maximum atomic E-state index is 8.55. The molecule has 70 valence electrons. The van der Waals surface area contributed by atoms with Crippen molar-refractivity contribution in [2.45, 2.75) is 6.42 Å². The SMILES string of the molecule is N#CCCN1CC=Cc2ccccc21. The second-order valence-corrected chi connectivity index (χ2v) is 3.32. The van der Waals surface area contributed by atoms with Crippen LogP contribution < -0.4 is 4.90 Å². The molecular formula is C12H12N2. The van der Waals surface area contributed by atoms with Crippen LogP contribution in [-0.4, -0.2) is 13.1 Å². The highest BCUT2D eigenvalue weighted by atomic mass is 15.1.